The molecule has 0 radical (unpaired) electrons. The number of para-hydroxylation sites is 1. The zero-order chi connectivity index (χ0) is 22.8. The fourth-order valence-electron chi connectivity index (χ4n) is 4.79. The minimum Gasteiger partial charge on any atom is -0.480 e. The molecular formula is C26H21F4NO. The molecule has 0 fully saturated rings. The van der Waals surface area contributed by atoms with Crippen molar-refractivity contribution in [2.24, 2.45) is 0 Å². The molecule has 0 unspecified atom stereocenters. The van der Waals surface area contributed by atoms with Gasteiger partial charge in [0.15, 0.2) is 6.10 Å². The molecule has 0 saturated carbocycles. The molecule has 3 aromatic carbocycles. The third-order valence-electron chi connectivity index (χ3n) is 5.96. The SMILES string of the molecule is CC1=CC(C)(C)Nc2ccc3c(c21)[C@H](c1ccc(F)c(C(F)(F)F)c1)Oc1ccccc1-3. The summed E-state index contributed by atoms with van der Waals surface area (Å²) in [5.41, 5.74) is 4.02. The van der Waals surface area contributed by atoms with Gasteiger partial charge in [-0.25, -0.2) is 4.39 Å². The van der Waals surface area contributed by atoms with Crippen molar-refractivity contribution >= 4 is 11.3 Å². The highest BCUT2D eigenvalue weighted by Gasteiger charge is 2.38. The van der Waals surface area contributed by atoms with E-state index in [1.165, 1.54) is 6.07 Å². The number of alkyl halides is 3. The van der Waals surface area contributed by atoms with E-state index in [1.54, 1.807) is 6.07 Å². The lowest BCUT2D eigenvalue weighted by Gasteiger charge is -2.37. The Morgan fingerprint density at radius 2 is 1.72 bits per heavy atom. The van der Waals surface area contributed by atoms with Crippen LogP contribution in [0.2, 0.25) is 0 Å². The first-order chi connectivity index (χ1) is 15.0. The van der Waals surface area contributed by atoms with Crippen LogP contribution < -0.4 is 10.1 Å². The Morgan fingerprint density at radius 1 is 0.969 bits per heavy atom. The number of hydrogen-bond acceptors (Lipinski definition) is 2. The van der Waals surface area contributed by atoms with Gasteiger partial charge in [0.1, 0.15) is 11.6 Å². The average Bonchev–Trinajstić information content (AvgIpc) is 2.71. The zero-order valence-corrected chi connectivity index (χ0v) is 17.8. The van der Waals surface area contributed by atoms with Crippen molar-refractivity contribution in [1.29, 1.82) is 0 Å². The molecule has 0 spiro atoms. The molecular weight excluding hydrogens is 418 g/mol. The lowest BCUT2D eigenvalue weighted by molar-refractivity contribution is -0.140. The molecule has 2 aliphatic heterocycles. The van der Waals surface area contributed by atoms with E-state index in [4.69, 9.17) is 4.74 Å². The van der Waals surface area contributed by atoms with Crippen LogP contribution in [0.15, 0.2) is 60.7 Å². The first kappa shape index (κ1) is 20.6. The lowest BCUT2D eigenvalue weighted by atomic mass is 9.80. The van der Waals surface area contributed by atoms with E-state index in [1.807, 2.05) is 37.3 Å². The molecule has 0 saturated heterocycles. The van der Waals surface area contributed by atoms with Gasteiger partial charge in [-0.1, -0.05) is 36.4 Å². The highest BCUT2D eigenvalue weighted by atomic mass is 19.4. The van der Waals surface area contributed by atoms with Crippen molar-refractivity contribution in [3.63, 3.8) is 0 Å². The second-order valence-corrected chi connectivity index (χ2v) is 8.85. The summed E-state index contributed by atoms with van der Waals surface area (Å²) in [6.45, 7) is 6.10. The molecule has 0 bridgehead atoms. The molecule has 32 heavy (non-hydrogen) atoms. The molecule has 0 aromatic heterocycles. The number of ether oxygens (including phenoxy) is 1. The molecule has 1 atom stereocenters. The van der Waals surface area contributed by atoms with Gasteiger partial charge in [0.2, 0.25) is 0 Å². The van der Waals surface area contributed by atoms with Gasteiger partial charge in [-0.05, 0) is 61.7 Å². The Kier molecular flexibility index (Phi) is 4.42. The Labute approximate surface area is 183 Å². The van der Waals surface area contributed by atoms with Crippen molar-refractivity contribution in [2.45, 2.75) is 38.6 Å². The summed E-state index contributed by atoms with van der Waals surface area (Å²) in [4.78, 5) is 0. The van der Waals surface area contributed by atoms with Crippen molar-refractivity contribution in [3.05, 3.63) is 88.7 Å². The second kappa shape index (κ2) is 6.86. The van der Waals surface area contributed by atoms with Gasteiger partial charge in [0.05, 0.1) is 11.1 Å². The van der Waals surface area contributed by atoms with Crippen LogP contribution >= 0.6 is 0 Å². The monoisotopic (exact) mass is 439 g/mol. The van der Waals surface area contributed by atoms with Crippen LogP contribution in [-0.4, -0.2) is 5.54 Å². The normalized spacial score (nSPS) is 18.5. The van der Waals surface area contributed by atoms with Crippen molar-refractivity contribution in [2.75, 3.05) is 5.32 Å². The Morgan fingerprint density at radius 3 is 2.47 bits per heavy atom. The minimum atomic E-state index is -4.80. The predicted molar refractivity (Wildman–Crippen MR) is 117 cm³/mol. The molecule has 164 valence electrons. The quantitative estimate of drug-likeness (QED) is 0.394. The number of hydrogen-bond donors (Lipinski definition) is 1. The summed E-state index contributed by atoms with van der Waals surface area (Å²) in [6, 6.07) is 14.5. The summed E-state index contributed by atoms with van der Waals surface area (Å²) in [5, 5.41) is 3.49. The molecule has 2 nitrogen and oxygen atoms in total. The number of nitrogens with one attached hydrogen (secondary N) is 1. The summed E-state index contributed by atoms with van der Waals surface area (Å²) in [6.07, 6.45) is -3.52. The fraction of sp³-hybridized carbons (Fsp3) is 0.231. The van der Waals surface area contributed by atoms with Crippen molar-refractivity contribution in [1.82, 2.24) is 0 Å². The topological polar surface area (TPSA) is 21.3 Å². The van der Waals surface area contributed by atoms with Crippen LogP contribution in [0.1, 0.15) is 49.1 Å². The van der Waals surface area contributed by atoms with E-state index < -0.39 is 23.7 Å². The van der Waals surface area contributed by atoms with E-state index in [2.05, 4.69) is 25.2 Å². The van der Waals surface area contributed by atoms with Crippen LogP contribution in [0.25, 0.3) is 16.7 Å². The third kappa shape index (κ3) is 3.25. The third-order valence-corrected chi connectivity index (χ3v) is 5.96. The van der Waals surface area contributed by atoms with Crippen LogP contribution in [0, 0.1) is 5.82 Å². The van der Waals surface area contributed by atoms with Crippen LogP contribution in [0.5, 0.6) is 5.75 Å². The Hall–Kier alpha value is -3.28. The van der Waals surface area contributed by atoms with E-state index in [-0.39, 0.29) is 11.1 Å². The number of halogens is 4. The van der Waals surface area contributed by atoms with Crippen LogP contribution in [0.4, 0.5) is 23.2 Å². The highest BCUT2D eigenvalue weighted by molar-refractivity contribution is 5.90. The van der Waals surface area contributed by atoms with Gasteiger partial charge < -0.3 is 10.1 Å². The van der Waals surface area contributed by atoms with E-state index in [0.29, 0.717) is 5.75 Å². The van der Waals surface area contributed by atoms with Gasteiger partial charge in [-0.15, -0.1) is 0 Å². The van der Waals surface area contributed by atoms with E-state index >= 15 is 0 Å². The van der Waals surface area contributed by atoms with E-state index in [9.17, 15) is 17.6 Å². The number of anilines is 1. The maximum Gasteiger partial charge on any atom is 0.419 e. The molecule has 5 rings (SSSR count). The standard InChI is InChI=1S/C26H21F4NO/c1-14-13-25(2,3)31-20-11-9-17-16-6-4-5-7-21(16)32-24(23(17)22(14)20)15-8-10-19(27)18(12-15)26(28,29)30/h4-13,24,31H,1-3H3/t24-/m0/s1. The Bertz CT molecular complexity index is 1270. The zero-order valence-electron chi connectivity index (χ0n) is 17.8. The molecule has 6 heteroatoms. The van der Waals surface area contributed by atoms with Crippen LogP contribution in [0.3, 0.4) is 0 Å². The highest BCUT2D eigenvalue weighted by Crippen LogP contribution is 2.51. The predicted octanol–water partition coefficient (Wildman–Crippen LogP) is 7.60. The maximum absolute atomic E-state index is 14.0. The molecule has 2 aliphatic rings. The summed E-state index contributed by atoms with van der Waals surface area (Å²) >= 11 is 0. The van der Waals surface area contributed by atoms with Crippen LogP contribution in [-0.2, 0) is 6.18 Å². The van der Waals surface area contributed by atoms with Gasteiger partial charge >= 0.3 is 6.18 Å². The number of fused-ring (bicyclic) bond motifs is 5. The molecule has 2 heterocycles. The number of rotatable bonds is 1. The first-order valence-electron chi connectivity index (χ1n) is 10.3. The number of benzene rings is 3. The molecule has 0 aliphatic carbocycles. The van der Waals surface area contributed by atoms with Gasteiger partial charge in [0.25, 0.3) is 0 Å². The maximum atomic E-state index is 14.0. The van der Waals surface area contributed by atoms with Crippen molar-refractivity contribution in [3.8, 4) is 16.9 Å². The molecule has 3 aromatic rings. The van der Waals surface area contributed by atoms with E-state index in [0.717, 1.165) is 45.6 Å². The summed E-state index contributed by atoms with van der Waals surface area (Å²) in [7, 11) is 0. The van der Waals surface area contributed by atoms with Crippen molar-refractivity contribution < 1.29 is 22.3 Å². The minimum absolute atomic E-state index is 0.250. The molecule has 1 N–H and O–H groups in total. The Balaban J connectivity index is 1.79. The van der Waals surface area contributed by atoms with Gasteiger partial charge in [0, 0.05) is 22.4 Å². The average molecular weight is 439 g/mol. The lowest BCUT2D eigenvalue weighted by Crippen LogP contribution is -2.32. The summed E-state index contributed by atoms with van der Waals surface area (Å²) < 4.78 is 60.6. The second-order valence-electron chi connectivity index (χ2n) is 8.85. The molecule has 0 amide bonds. The number of allylic oxidation sites excluding steroid dienone is 1. The smallest absolute Gasteiger partial charge is 0.419 e. The van der Waals surface area contributed by atoms with Gasteiger partial charge in [-0.3, -0.25) is 0 Å². The largest absolute Gasteiger partial charge is 0.480 e. The fourth-order valence-corrected chi connectivity index (χ4v) is 4.79. The van der Waals surface area contributed by atoms with Gasteiger partial charge in [-0.2, -0.15) is 13.2 Å². The summed E-state index contributed by atoms with van der Waals surface area (Å²) in [5.74, 6) is -0.721. The first-order valence-corrected chi connectivity index (χ1v) is 10.3.